The number of halogens is 2. The Morgan fingerprint density at radius 1 is 1.15 bits per heavy atom. The molecule has 1 saturated heterocycles. The van der Waals surface area contributed by atoms with E-state index in [0.29, 0.717) is 55.3 Å². The van der Waals surface area contributed by atoms with Crippen LogP contribution in [0.3, 0.4) is 0 Å². The molecule has 2 aromatic carbocycles. The lowest BCUT2D eigenvalue weighted by Gasteiger charge is -2.31. The van der Waals surface area contributed by atoms with E-state index in [1.54, 1.807) is 19.1 Å². The Morgan fingerprint density at radius 2 is 1.91 bits per heavy atom. The second-order valence-electron chi connectivity index (χ2n) is 8.34. The zero-order valence-electron chi connectivity index (χ0n) is 18.5. The summed E-state index contributed by atoms with van der Waals surface area (Å²) >= 11 is 6.38. The average Bonchev–Trinajstić information content (AvgIpc) is 3.25. The van der Waals surface area contributed by atoms with Crippen molar-refractivity contribution in [3.05, 3.63) is 70.5 Å². The summed E-state index contributed by atoms with van der Waals surface area (Å²) in [7, 11) is 0. The number of hydrogen-bond donors (Lipinski definition) is 0. The van der Waals surface area contributed by atoms with Gasteiger partial charge in [-0.1, -0.05) is 41.9 Å². The third kappa shape index (κ3) is 5.42. The fourth-order valence-electron chi connectivity index (χ4n) is 4.42. The lowest BCUT2D eigenvalue weighted by Crippen LogP contribution is -2.43. The number of esters is 1. The van der Waals surface area contributed by atoms with Gasteiger partial charge in [-0.2, -0.15) is 5.10 Å². The molecule has 33 heavy (non-hydrogen) atoms. The van der Waals surface area contributed by atoms with Crippen molar-refractivity contribution >= 4 is 29.2 Å². The van der Waals surface area contributed by atoms with E-state index < -0.39 is 6.04 Å². The molecule has 0 aromatic heterocycles. The standard InChI is InChI=1S/C25H27ClFN3O3/c1-2-33-25(32)17-10-12-29(13-11-17)16-24(31)30-23(18-6-5-7-19(27)14-18)15-22(28-30)20-8-3-4-9-21(20)26/h3-9,14,17,23H,2,10-13,15-16H2,1H3/t23-/m0/s1. The minimum atomic E-state index is -0.406. The van der Waals surface area contributed by atoms with Crippen LogP contribution < -0.4 is 0 Å². The van der Waals surface area contributed by atoms with Crippen LogP contribution in [0.15, 0.2) is 53.6 Å². The van der Waals surface area contributed by atoms with Crippen molar-refractivity contribution in [2.45, 2.75) is 32.2 Å². The Hall–Kier alpha value is -2.77. The molecule has 0 N–H and O–H groups in total. The van der Waals surface area contributed by atoms with Gasteiger partial charge in [0.15, 0.2) is 0 Å². The highest BCUT2D eigenvalue weighted by Crippen LogP contribution is 2.35. The fourth-order valence-corrected chi connectivity index (χ4v) is 4.67. The molecule has 6 nitrogen and oxygen atoms in total. The van der Waals surface area contributed by atoms with E-state index in [1.807, 2.05) is 29.2 Å². The second kappa shape index (κ2) is 10.4. The molecular weight excluding hydrogens is 445 g/mol. The van der Waals surface area contributed by atoms with Gasteiger partial charge in [0.05, 0.1) is 30.8 Å². The van der Waals surface area contributed by atoms with E-state index in [2.05, 4.69) is 5.10 Å². The molecule has 0 aliphatic carbocycles. The highest BCUT2D eigenvalue weighted by molar-refractivity contribution is 6.34. The molecule has 0 unspecified atom stereocenters. The Bertz CT molecular complexity index is 1050. The summed E-state index contributed by atoms with van der Waals surface area (Å²) in [6, 6.07) is 13.2. The maximum atomic E-state index is 14.0. The van der Waals surface area contributed by atoms with Gasteiger partial charge in [-0.25, -0.2) is 9.40 Å². The highest BCUT2D eigenvalue weighted by atomic mass is 35.5. The first-order valence-corrected chi connectivity index (χ1v) is 11.6. The van der Waals surface area contributed by atoms with Crippen molar-refractivity contribution in [2.24, 2.45) is 11.0 Å². The highest BCUT2D eigenvalue weighted by Gasteiger charge is 2.35. The normalized spacial score (nSPS) is 19.4. The van der Waals surface area contributed by atoms with Crippen LogP contribution in [0.5, 0.6) is 0 Å². The molecule has 1 amide bonds. The third-order valence-electron chi connectivity index (χ3n) is 6.15. The number of nitrogens with zero attached hydrogens (tertiary/aromatic N) is 3. The van der Waals surface area contributed by atoms with Crippen molar-refractivity contribution in [3.8, 4) is 0 Å². The molecular formula is C25H27ClFN3O3. The summed E-state index contributed by atoms with van der Waals surface area (Å²) in [6.45, 7) is 3.62. The number of ether oxygens (including phenoxy) is 1. The third-order valence-corrected chi connectivity index (χ3v) is 6.48. The van der Waals surface area contributed by atoms with Gasteiger partial charge in [0.1, 0.15) is 5.82 Å². The molecule has 2 aliphatic heterocycles. The molecule has 0 spiro atoms. The summed E-state index contributed by atoms with van der Waals surface area (Å²) in [5, 5.41) is 6.66. The largest absolute Gasteiger partial charge is 0.466 e. The first kappa shape index (κ1) is 23.4. The van der Waals surface area contributed by atoms with Crippen molar-refractivity contribution in [2.75, 3.05) is 26.2 Å². The molecule has 1 atom stereocenters. The van der Waals surface area contributed by atoms with E-state index >= 15 is 0 Å². The first-order chi connectivity index (χ1) is 16.0. The Kier molecular flexibility index (Phi) is 7.40. The van der Waals surface area contributed by atoms with Gasteiger partial charge >= 0.3 is 5.97 Å². The molecule has 2 heterocycles. The maximum absolute atomic E-state index is 14.0. The average molecular weight is 472 g/mol. The number of likely N-dealkylation sites (tertiary alicyclic amines) is 1. The van der Waals surface area contributed by atoms with E-state index in [-0.39, 0.29) is 30.2 Å². The lowest BCUT2D eigenvalue weighted by atomic mass is 9.97. The Labute approximate surface area is 198 Å². The van der Waals surface area contributed by atoms with Gasteiger partial charge in [-0.3, -0.25) is 14.5 Å². The van der Waals surface area contributed by atoms with Gasteiger partial charge in [-0.15, -0.1) is 0 Å². The number of piperidine rings is 1. The number of benzene rings is 2. The second-order valence-corrected chi connectivity index (χ2v) is 8.75. The lowest BCUT2D eigenvalue weighted by molar-refractivity contribution is -0.149. The zero-order valence-corrected chi connectivity index (χ0v) is 19.3. The molecule has 2 aromatic rings. The van der Waals surface area contributed by atoms with E-state index in [4.69, 9.17) is 16.3 Å². The maximum Gasteiger partial charge on any atom is 0.309 e. The van der Waals surface area contributed by atoms with Crippen molar-refractivity contribution in [1.82, 2.24) is 9.91 Å². The predicted molar refractivity (Wildman–Crippen MR) is 124 cm³/mol. The summed E-state index contributed by atoms with van der Waals surface area (Å²) in [5.74, 6) is -0.802. The van der Waals surface area contributed by atoms with Gasteiger partial charge in [0.2, 0.25) is 0 Å². The van der Waals surface area contributed by atoms with Crippen LogP contribution in [0.2, 0.25) is 5.02 Å². The van der Waals surface area contributed by atoms with Gasteiger partial charge in [0, 0.05) is 17.0 Å². The van der Waals surface area contributed by atoms with Gasteiger partial charge in [-0.05, 0) is 56.6 Å². The van der Waals surface area contributed by atoms with E-state index in [0.717, 1.165) is 5.56 Å². The number of amides is 1. The number of carbonyl (C=O) groups is 2. The van der Waals surface area contributed by atoms with Crippen LogP contribution in [-0.2, 0) is 14.3 Å². The fraction of sp³-hybridized carbons (Fsp3) is 0.400. The van der Waals surface area contributed by atoms with Crippen LogP contribution in [0.4, 0.5) is 4.39 Å². The molecule has 4 rings (SSSR count). The van der Waals surface area contributed by atoms with Crippen molar-refractivity contribution in [3.63, 3.8) is 0 Å². The van der Waals surface area contributed by atoms with Crippen LogP contribution >= 0.6 is 11.6 Å². The smallest absolute Gasteiger partial charge is 0.309 e. The number of hydrazone groups is 1. The summed E-state index contributed by atoms with van der Waals surface area (Å²) in [5.41, 5.74) is 2.16. The van der Waals surface area contributed by atoms with Crippen molar-refractivity contribution in [1.29, 1.82) is 0 Å². The Balaban J connectivity index is 1.50. The van der Waals surface area contributed by atoms with E-state index in [9.17, 15) is 14.0 Å². The van der Waals surface area contributed by atoms with Crippen molar-refractivity contribution < 1.29 is 18.7 Å². The van der Waals surface area contributed by atoms with Gasteiger partial charge < -0.3 is 4.74 Å². The van der Waals surface area contributed by atoms with Gasteiger partial charge in [0.25, 0.3) is 5.91 Å². The van der Waals surface area contributed by atoms with Crippen LogP contribution in [-0.4, -0.2) is 53.7 Å². The molecule has 1 fully saturated rings. The summed E-state index contributed by atoms with van der Waals surface area (Å²) < 4.78 is 19.1. The summed E-state index contributed by atoms with van der Waals surface area (Å²) in [4.78, 5) is 27.3. The molecule has 174 valence electrons. The molecule has 0 bridgehead atoms. The monoisotopic (exact) mass is 471 g/mol. The minimum Gasteiger partial charge on any atom is -0.466 e. The topological polar surface area (TPSA) is 62.2 Å². The van der Waals surface area contributed by atoms with Crippen LogP contribution in [0.1, 0.15) is 43.4 Å². The molecule has 8 heteroatoms. The quantitative estimate of drug-likeness (QED) is 0.585. The van der Waals surface area contributed by atoms with Crippen LogP contribution in [0, 0.1) is 11.7 Å². The minimum absolute atomic E-state index is 0.118. The summed E-state index contributed by atoms with van der Waals surface area (Å²) in [6.07, 6.45) is 1.77. The Morgan fingerprint density at radius 3 is 2.61 bits per heavy atom. The SMILES string of the molecule is CCOC(=O)C1CCN(CC(=O)N2N=C(c3ccccc3Cl)C[C@H]2c2cccc(F)c2)CC1. The molecule has 2 aliphatic rings. The number of carbonyl (C=O) groups excluding carboxylic acids is 2. The first-order valence-electron chi connectivity index (χ1n) is 11.2. The molecule has 0 radical (unpaired) electrons. The number of rotatable bonds is 6. The van der Waals surface area contributed by atoms with Crippen LogP contribution in [0.25, 0.3) is 0 Å². The zero-order chi connectivity index (χ0) is 23.4. The molecule has 0 saturated carbocycles. The number of hydrogen-bond acceptors (Lipinski definition) is 5. The predicted octanol–water partition coefficient (Wildman–Crippen LogP) is 4.43. The van der Waals surface area contributed by atoms with E-state index in [1.165, 1.54) is 17.1 Å².